The van der Waals surface area contributed by atoms with Gasteiger partial charge in [0, 0.05) is 24.7 Å². The Hall–Kier alpha value is -1.28. The molecule has 1 aliphatic carbocycles. The summed E-state index contributed by atoms with van der Waals surface area (Å²) in [7, 11) is 2.26. The van der Waals surface area contributed by atoms with Gasteiger partial charge in [-0.25, -0.2) is 0 Å². The third kappa shape index (κ3) is 1.99. The van der Waals surface area contributed by atoms with Crippen molar-refractivity contribution >= 4 is 5.57 Å². The van der Waals surface area contributed by atoms with Gasteiger partial charge in [0.1, 0.15) is 0 Å². The highest BCUT2D eigenvalue weighted by Crippen LogP contribution is 2.44. The molecule has 1 aromatic rings. The fourth-order valence-electron chi connectivity index (χ4n) is 3.75. The van der Waals surface area contributed by atoms with Crippen LogP contribution in [0.5, 0.6) is 0 Å². The molecule has 0 saturated heterocycles. The molecule has 2 nitrogen and oxygen atoms in total. The smallest absolute Gasteiger partial charge is 0.0401 e. The Labute approximate surface area is 116 Å². The minimum Gasteiger partial charge on any atom is -0.387 e. The molecule has 1 heterocycles. The Bertz CT molecular complexity index is 504. The molecule has 3 rings (SSSR count). The second kappa shape index (κ2) is 5.01. The third-order valence-corrected chi connectivity index (χ3v) is 4.87. The first-order valence-electron chi connectivity index (χ1n) is 7.51. The number of likely N-dealkylation sites (N-methyl/N-ethyl adjacent to an activating group) is 1. The van der Waals surface area contributed by atoms with Crippen molar-refractivity contribution in [2.24, 2.45) is 0 Å². The largest absolute Gasteiger partial charge is 0.387 e. The zero-order valence-corrected chi connectivity index (χ0v) is 12.2. The maximum atomic E-state index is 3.43. The van der Waals surface area contributed by atoms with Crippen LogP contribution in [0.2, 0.25) is 0 Å². The van der Waals surface area contributed by atoms with E-state index in [1.807, 2.05) is 0 Å². The number of nitrogens with zero attached hydrogens (tertiary/aromatic N) is 1. The summed E-state index contributed by atoms with van der Waals surface area (Å²) in [4.78, 5) is 2.51. The van der Waals surface area contributed by atoms with E-state index in [1.165, 1.54) is 24.0 Å². The summed E-state index contributed by atoms with van der Waals surface area (Å²) in [5.74, 6) is 0.676. The second-order valence-electron chi connectivity index (χ2n) is 5.79. The van der Waals surface area contributed by atoms with Gasteiger partial charge >= 0.3 is 0 Å². The van der Waals surface area contributed by atoms with Crippen LogP contribution in [0.3, 0.4) is 0 Å². The molecule has 0 spiro atoms. The molecule has 1 aliphatic heterocycles. The standard InChI is InChI=1S/C17H24N2/c1-4-14-15-8-6-7-12-10-18-11-13(17(12)15)9-16(14)19(3)5-2/h6-8,11,14,16,18H,4-5,9-10H2,1-3H3. The van der Waals surface area contributed by atoms with Crippen molar-refractivity contribution in [3.05, 3.63) is 41.1 Å². The lowest BCUT2D eigenvalue weighted by atomic mass is 9.73. The lowest BCUT2D eigenvalue weighted by Crippen LogP contribution is -2.40. The van der Waals surface area contributed by atoms with Crippen LogP contribution in [0.25, 0.3) is 5.57 Å². The predicted molar refractivity (Wildman–Crippen MR) is 81.0 cm³/mol. The molecule has 1 N–H and O–H groups in total. The molecule has 0 fully saturated rings. The third-order valence-electron chi connectivity index (χ3n) is 4.87. The topological polar surface area (TPSA) is 15.3 Å². The highest BCUT2D eigenvalue weighted by Gasteiger charge is 2.34. The van der Waals surface area contributed by atoms with E-state index in [9.17, 15) is 0 Å². The average molecular weight is 256 g/mol. The van der Waals surface area contributed by atoms with Gasteiger partial charge in [0.05, 0.1) is 0 Å². The van der Waals surface area contributed by atoms with Crippen LogP contribution in [0, 0.1) is 0 Å². The van der Waals surface area contributed by atoms with Crippen molar-refractivity contribution in [2.45, 2.75) is 45.2 Å². The molecule has 2 atom stereocenters. The Morgan fingerprint density at radius 1 is 1.32 bits per heavy atom. The van der Waals surface area contributed by atoms with Gasteiger partial charge in [0.25, 0.3) is 0 Å². The normalized spacial score (nSPS) is 24.7. The predicted octanol–water partition coefficient (Wildman–Crippen LogP) is 3.35. The molecule has 0 amide bonds. The molecule has 1 aromatic carbocycles. The van der Waals surface area contributed by atoms with E-state index in [0.29, 0.717) is 12.0 Å². The summed E-state index contributed by atoms with van der Waals surface area (Å²) in [5.41, 5.74) is 6.11. The van der Waals surface area contributed by atoms with Crippen LogP contribution in [-0.4, -0.2) is 24.5 Å². The first-order valence-corrected chi connectivity index (χ1v) is 7.51. The van der Waals surface area contributed by atoms with E-state index < -0.39 is 0 Å². The number of benzene rings is 1. The van der Waals surface area contributed by atoms with Crippen LogP contribution in [0.15, 0.2) is 24.4 Å². The summed E-state index contributed by atoms with van der Waals surface area (Å²) < 4.78 is 0. The van der Waals surface area contributed by atoms with E-state index in [-0.39, 0.29) is 0 Å². The van der Waals surface area contributed by atoms with E-state index in [4.69, 9.17) is 0 Å². The molecule has 0 aromatic heterocycles. The van der Waals surface area contributed by atoms with E-state index in [1.54, 1.807) is 11.1 Å². The summed E-state index contributed by atoms with van der Waals surface area (Å²) in [6.07, 6.45) is 4.65. The van der Waals surface area contributed by atoms with Crippen molar-refractivity contribution in [1.29, 1.82) is 0 Å². The van der Waals surface area contributed by atoms with Crippen molar-refractivity contribution in [1.82, 2.24) is 10.2 Å². The summed E-state index contributed by atoms with van der Waals surface area (Å²) in [6, 6.07) is 7.50. The molecular formula is C17H24N2. The van der Waals surface area contributed by atoms with Gasteiger partial charge in [-0.05, 0) is 48.7 Å². The lowest BCUT2D eigenvalue weighted by Gasteiger charge is -2.41. The van der Waals surface area contributed by atoms with Crippen LogP contribution in [0.4, 0.5) is 0 Å². The number of rotatable bonds is 3. The maximum Gasteiger partial charge on any atom is 0.0401 e. The fourth-order valence-corrected chi connectivity index (χ4v) is 3.75. The fraction of sp³-hybridized carbons (Fsp3) is 0.529. The van der Waals surface area contributed by atoms with Crippen molar-refractivity contribution < 1.29 is 0 Å². The minimum absolute atomic E-state index is 0.642. The first-order chi connectivity index (χ1) is 9.26. The summed E-state index contributed by atoms with van der Waals surface area (Å²) in [6.45, 7) is 6.69. The number of nitrogens with one attached hydrogen (secondary N) is 1. The number of hydrogen-bond donors (Lipinski definition) is 1. The van der Waals surface area contributed by atoms with Crippen molar-refractivity contribution in [3.63, 3.8) is 0 Å². The average Bonchev–Trinajstić information content (AvgIpc) is 2.46. The summed E-state index contributed by atoms with van der Waals surface area (Å²) >= 11 is 0. The zero-order chi connectivity index (χ0) is 13.4. The van der Waals surface area contributed by atoms with E-state index >= 15 is 0 Å². The maximum absolute atomic E-state index is 3.43. The van der Waals surface area contributed by atoms with Gasteiger partial charge in [-0.1, -0.05) is 32.0 Å². The molecule has 0 bridgehead atoms. The Morgan fingerprint density at radius 2 is 2.16 bits per heavy atom. The first kappa shape index (κ1) is 12.7. The summed E-state index contributed by atoms with van der Waals surface area (Å²) in [5, 5.41) is 3.43. The SMILES string of the molecule is CCC1c2cccc3c2C(=CNC3)CC1N(C)CC. The van der Waals surface area contributed by atoms with Crippen LogP contribution in [-0.2, 0) is 6.54 Å². The minimum atomic E-state index is 0.642. The van der Waals surface area contributed by atoms with Gasteiger partial charge in [0.2, 0.25) is 0 Å². The molecule has 2 heteroatoms. The van der Waals surface area contributed by atoms with Gasteiger partial charge in [-0.3, -0.25) is 0 Å². The van der Waals surface area contributed by atoms with Gasteiger partial charge in [-0.15, -0.1) is 0 Å². The molecular weight excluding hydrogens is 232 g/mol. The molecule has 19 heavy (non-hydrogen) atoms. The molecule has 0 saturated carbocycles. The highest BCUT2D eigenvalue weighted by atomic mass is 15.1. The van der Waals surface area contributed by atoms with E-state index in [2.05, 4.69) is 55.5 Å². The second-order valence-corrected chi connectivity index (χ2v) is 5.79. The lowest BCUT2D eigenvalue weighted by molar-refractivity contribution is 0.214. The van der Waals surface area contributed by atoms with Crippen molar-refractivity contribution in [2.75, 3.05) is 13.6 Å². The van der Waals surface area contributed by atoms with Crippen LogP contribution < -0.4 is 5.32 Å². The molecule has 2 aliphatic rings. The molecule has 2 unspecified atom stereocenters. The monoisotopic (exact) mass is 256 g/mol. The molecule has 102 valence electrons. The Morgan fingerprint density at radius 3 is 2.89 bits per heavy atom. The van der Waals surface area contributed by atoms with Gasteiger partial charge in [-0.2, -0.15) is 0 Å². The van der Waals surface area contributed by atoms with Crippen molar-refractivity contribution in [3.8, 4) is 0 Å². The number of hydrogen-bond acceptors (Lipinski definition) is 2. The highest BCUT2D eigenvalue weighted by molar-refractivity contribution is 5.75. The zero-order valence-electron chi connectivity index (χ0n) is 12.2. The Kier molecular flexibility index (Phi) is 3.36. The van der Waals surface area contributed by atoms with Crippen LogP contribution in [0.1, 0.15) is 49.3 Å². The Balaban J connectivity index is 2.10. The molecule has 0 radical (unpaired) electrons. The van der Waals surface area contributed by atoms with Gasteiger partial charge < -0.3 is 10.2 Å². The quantitative estimate of drug-likeness (QED) is 0.892. The van der Waals surface area contributed by atoms with Gasteiger partial charge in [0.15, 0.2) is 0 Å². The van der Waals surface area contributed by atoms with Crippen LogP contribution >= 0.6 is 0 Å². The van der Waals surface area contributed by atoms with E-state index in [0.717, 1.165) is 13.1 Å².